The molecule has 1 aromatic carbocycles. The molecule has 0 aliphatic heterocycles. The van der Waals surface area contributed by atoms with Gasteiger partial charge in [-0.1, -0.05) is 25.7 Å². The lowest BCUT2D eigenvalue weighted by atomic mass is 10.1. The lowest BCUT2D eigenvalue weighted by Crippen LogP contribution is -2.33. The van der Waals surface area contributed by atoms with E-state index >= 15 is 0 Å². The lowest BCUT2D eigenvalue weighted by Gasteiger charge is -2.15. The van der Waals surface area contributed by atoms with Crippen LogP contribution in [0.2, 0.25) is 0 Å². The molecule has 4 nitrogen and oxygen atoms in total. The second-order valence-electron chi connectivity index (χ2n) is 6.71. The van der Waals surface area contributed by atoms with Gasteiger partial charge in [-0.3, -0.25) is 4.79 Å². The quantitative estimate of drug-likeness (QED) is 0.680. The third-order valence-corrected chi connectivity index (χ3v) is 5.97. The van der Waals surface area contributed by atoms with Crippen LogP contribution < -0.4 is 10.1 Å². The average Bonchev–Trinajstić information content (AvgIpc) is 2.87. The van der Waals surface area contributed by atoms with E-state index in [1.54, 1.807) is 7.11 Å². The first-order chi connectivity index (χ1) is 12.2. The molecule has 0 radical (unpaired) electrons. The van der Waals surface area contributed by atoms with E-state index < -0.39 is 0 Å². The van der Waals surface area contributed by atoms with Crippen molar-refractivity contribution in [3.8, 4) is 5.75 Å². The molecule has 25 heavy (non-hydrogen) atoms. The largest absolute Gasteiger partial charge is 0.497 e. The summed E-state index contributed by atoms with van der Waals surface area (Å²) >= 11 is 1.47. The molecule has 2 heterocycles. The van der Waals surface area contributed by atoms with Crippen LogP contribution in [0.25, 0.3) is 21.1 Å². The Morgan fingerprint density at radius 3 is 2.68 bits per heavy atom. The number of ether oxygens (including phenoxy) is 1. The van der Waals surface area contributed by atoms with Crippen molar-refractivity contribution in [2.75, 3.05) is 7.11 Å². The minimum Gasteiger partial charge on any atom is -0.497 e. The number of nitrogens with zero attached hydrogens (tertiary/aromatic N) is 1. The number of rotatable bonds is 3. The molecule has 0 saturated heterocycles. The van der Waals surface area contributed by atoms with Crippen molar-refractivity contribution in [1.29, 1.82) is 0 Å². The molecule has 1 aliphatic carbocycles. The van der Waals surface area contributed by atoms with Gasteiger partial charge in [0.1, 0.15) is 10.6 Å². The highest BCUT2D eigenvalue weighted by Crippen LogP contribution is 2.29. The van der Waals surface area contributed by atoms with Crippen LogP contribution in [0.15, 0.2) is 30.3 Å². The normalized spacial score (nSPS) is 16.0. The van der Waals surface area contributed by atoms with Gasteiger partial charge in [0.15, 0.2) is 0 Å². The van der Waals surface area contributed by atoms with Gasteiger partial charge in [0.2, 0.25) is 0 Å². The maximum absolute atomic E-state index is 12.6. The third kappa shape index (κ3) is 3.47. The Kier molecular flexibility index (Phi) is 4.57. The molecule has 5 heteroatoms. The average molecular weight is 354 g/mol. The zero-order valence-corrected chi connectivity index (χ0v) is 15.2. The van der Waals surface area contributed by atoms with Gasteiger partial charge in [0.05, 0.1) is 17.5 Å². The molecule has 0 bridgehead atoms. The third-order valence-electron chi connectivity index (χ3n) is 4.92. The minimum absolute atomic E-state index is 0.0385. The van der Waals surface area contributed by atoms with Crippen LogP contribution in [0.1, 0.15) is 48.2 Å². The molecule has 0 atom stereocenters. The van der Waals surface area contributed by atoms with Crippen LogP contribution in [0, 0.1) is 0 Å². The molecule has 1 saturated carbocycles. The number of fused-ring (bicyclic) bond motifs is 2. The van der Waals surface area contributed by atoms with E-state index in [1.807, 2.05) is 24.3 Å². The van der Waals surface area contributed by atoms with Gasteiger partial charge in [-0.25, -0.2) is 4.98 Å². The number of aromatic nitrogens is 1. The maximum atomic E-state index is 12.6. The summed E-state index contributed by atoms with van der Waals surface area (Å²) in [6.07, 6.45) is 7.19. The number of thiophene rings is 1. The van der Waals surface area contributed by atoms with Crippen LogP contribution in [-0.4, -0.2) is 24.0 Å². The van der Waals surface area contributed by atoms with Crippen molar-refractivity contribution >= 4 is 38.4 Å². The molecule has 1 amide bonds. The van der Waals surface area contributed by atoms with Crippen LogP contribution in [-0.2, 0) is 0 Å². The fraction of sp³-hybridized carbons (Fsp3) is 0.400. The van der Waals surface area contributed by atoms with Gasteiger partial charge >= 0.3 is 0 Å². The molecule has 0 unspecified atom stereocenters. The number of carbonyl (C=O) groups is 1. The van der Waals surface area contributed by atoms with Crippen molar-refractivity contribution in [1.82, 2.24) is 10.3 Å². The predicted molar refractivity (Wildman–Crippen MR) is 103 cm³/mol. The van der Waals surface area contributed by atoms with Crippen LogP contribution >= 0.6 is 11.3 Å². The van der Waals surface area contributed by atoms with E-state index in [1.165, 1.54) is 37.0 Å². The number of hydrogen-bond acceptors (Lipinski definition) is 4. The molecule has 0 spiro atoms. The van der Waals surface area contributed by atoms with Gasteiger partial charge in [0, 0.05) is 16.8 Å². The van der Waals surface area contributed by atoms with Crippen molar-refractivity contribution in [2.45, 2.75) is 44.6 Å². The number of amides is 1. The number of nitrogens with one attached hydrogen (secondary N) is 1. The molecule has 2 aromatic heterocycles. The Morgan fingerprint density at radius 2 is 1.92 bits per heavy atom. The van der Waals surface area contributed by atoms with Crippen LogP contribution in [0.3, 0.4) is 0 Å². The van der Waals surface area contributed by atoms with E-state index in [0.717, 1.165) is 44.6 Å². The molecule has 130 valence electrons. The lowest BCUT2D eigenvalue weighted by molar-refractivity contribution is 0.0937. The Hall–Kier alpha value is -2.14. The fourth-order valence-electron chi connectivity index (χ4n) is 3.53. The Morgan fingerprint density at radius 1 is 1.12 bits per heavy atom. The SMILES string of the molecule is COc1ccc2nc3sc(C(=O)NC4CCCCCC4)cc3cc2c1. The van der Waals surface area contributed by atoms with Crippen LogP contribution in [0.5, 0.6) is 5.75 Å². The number of carbonyl (C=O) groups excluding carboxylic acids is 1. The maximum Gasteiger partial charge on any atom is 0.261 e. The number of hydrogen-bond donors (Lipinski definition) is 1. The monoisotopic (exact) mass is 354 g/mol. The molecule has 3 aromatic rings. The molecular weight excluding hydrogens is 332 g/mol. The molecule has 1 aliphatic rings. The van der Waals surface area contributed by atoms with E-state index in [2.05, 4.69) is 11.4 Å². The fourth-order valence-corrected chi connectivity index (χ4v) is 4.46. The summed E-state index contributed by atoms with van der Waals surface area (Å²) in [5, 5.41) is 5.26. The van der Waals surface area contributed by atoms with Crippen LogP contribution in [0.4, 0.5) is 0 Å². The second-order valence-corrected chi connectivity index (χ2v) is 7.74. The molecule has 1 fully saturated rings. The topological polar surface area (TPSA) is 51.2 Å². The van der Waals surface area contributed by atoms with Gasteiger partial charge < -0.3 is 10.1 Å². The smallest absolute Gasteiger partial charge is 0.261 e. The van der Waals surface area contributed by atoms with E-state index in [0.29, 0.717) is 6.04 Å². The van der Waals surface area contributed by atoms with Gasteiger partial charge in [-0.05, 0) is 43.2 Å². The van der Waals surface area contributed by atoms with Gasteiger partial charge in [0.25, 0.3) is 5.91 Å². The summed E-state index contributed by atoms with van der Waals surface area (Å²) in [4.78, 5) is 19.0. The summed E-state index contributed by atoms with van der Waals surface area (Å²) in [7, 11) is 1.66. The highest BCUT2D eigenvalue weighted by molar-refractivity contribution is 7.20. The standard InChI is InChI=1S/C20H22N2O2S/c1-24-16-8-9-17-13(11-16)10-14-12-18(25-20(14)22-17)19(23)21-15-6-4-2-3-5-7-15/h8-12,15H,2-7H2,1H3,(H,21,23). The number of methoxy groups -OCH3 is 1. The first-order valence-electron chi connectivity index (χ1n) is 8.92. The molecule has 4 rings (SSSR count). The molecular formula is C20H22N2O2S. The van der Waals surface area contributed by atoms with Crippen molar-refractivity contribution in [3.63, 3.8) is 0 Å². The summed E-state index contributed by atoms with van der Waals surface area (Å²) in [6.45, 7) is 0. The van der Waals surface area contributed by atoms with Crippen molar-refractivity contribution in [3.05, 3.63) is 35.2 Å². The highest BCUT2D eigenvalue weighted by atomic mass is 32.1. The Labute approximate surface area is 151 Å². The van der Waals surface area contributed by atoms with E-state index in [-0.39, 0.29) is 5.91 Å². The second kappa shape index (κ2) is 7.00. The Balaban J connectivity index is 1.61. The van der Waals surface area contributed by atoms with Gasteiger partial charge in [-0.2, -0.15) is 0 Å². The summed E-state index contributed by atoms with van der Waals surface area (Å²) in [5.41, 5.74) is 0.922. The predicted octanol–water partition coefficient (Wildman–Crippen LogP) is 4.91. The highest BCUT2D eigenvalue weighted by Gasteiger charge is 2.18. The summed E-state index contributed by atoms with van der Waals surface area (Å²) < 4.78 is 5.28. The molecule has 1 N–H and O–H groups in total. The van der Waals surface area contributed by atoms with E-state index in [9.17, 15) is 4.79 Å². The first-order valence-corrected chi connectivity index (χ1v) is 9.74. The minimum atomic E-state index is 0.0385. The van der Waals surface area contributed by atoms with E-state index in [4.69, 9.17) is 9.72 Å². The van der Waals surface area contributed by atoms with Gasteiger partial charge in [-0.15, -0.1) is 11.3 Å². The van der Waals surface area contributed by atoms with Crippen molar-refractivity contribution in [2.24, 2.45) is 0 Å². The zero-order valence-electron chi connectivity index (χ0n) is 14.4. The van der Waals surface area contributed by atoms with Crippen molar-refractivity contribution < 1.29 is 9.53 Å². The first kappa shape index (κ1) is 16.3. The number of pyridine rings is 1. The number of benzene rings is 1. The Bertz CT molecular complexity index is 911. The zero-order chi connectivity index (χ0) is 17.2. The summed E-state index contributed by atoms with van der Waals surface area (Å²) in [6, 6.07) is 10.2. The summed E-state index contributed by atoms with van der Waals surface area (Å²) in [5.74, 6) is 0.853.